The molecule has 0 radical (unpaired) electrons. The first-order valence-corrected chi connectivity index (χ1v) is 5.46. The molecule has 0 aliphatic carbocycles. The molecule has 1 heterocycles. The summed E-state index contributed by atoms with van der Waals surface area (Å²) in [6.45, 7) is 6.50. The molecule has 1 aliphatic rings. The van der Waals surface area contributed by atoms with Crippen molar-refractivity contribution in [1.29, 1.82) is 0 Å². The predicted octanol–water partition coefficient (Wildman–Crippen LogP) is 3.57. The number of rotatable bonds is 0. The van der Waals surface area contributed by atoms with E-state index < -0.39 is 0 Å². The second kappa shape index (κ2) is 7.46. The van der Waals surface area contributed by atoms with Gasteiger partial charge in [-0.15, -0.1) is 0 Å². The zero-order valence-electron chi connectivity index (χ0n) is 7.52. The van der Waals surface area contributed by atoms with E-state index in [4.69, 9.17) is 0 Å². The normalized spacial score (nSPS) is 18.0. The van der Waals surface area contributed by atoms with Crippen molar-refractivity contribution in [2.75, 3.05) is 11.5 Å². The molecule has 0 aromatic heterocycles. The lowest BCUT2D eigenvalue weighted by molar-refractivity contribution is 0.737. The molecule has 1 rings (SSSR count). The van der Waals surface area contributed by atoms with Crippen LogP contribution in [0.2, 0.25) is 0 Å². The molecule has 0 spiro atoms. The molecule has 0 atom stereocenters. The monoisotopic (exact) mass is 160 g/mol. The molecule has 1 fully saturated rings. The molecule has 1 saturated heterocycles. The van der Waals surface area contributed by atoms with Gasteiger partial charge in [0.2, 0.25) is 0 Å². The smallest absolute Gasteiger partial charge is 0.00675 e. The Morgan fingerprint density at radius 1 is 0.900 bits per heavy atom. The highest BCUT2D eigenvalue weighted by Gasteiger charge is 1.95. The molecule has 1 heteroatoms. The highest BCUT2D eigenvalue weighted by molar-refractivity contribution is 7.99. The fourth-order valence-electron chi connectivity index (χ4n) is 0.687. The summed E-state index contributed by atoms with van der Waals surface area (Å²) in [4.78, 5) is 0. The van der Waals surface area contributed by atoms with Crippen LogP contribution >= 0.6 is 11.8 Å². The first-order chi connectivity index (χ1) is 4.73. The maximum Gasteiger partial charge on any atom is -0.00675 e. The van der Waals surface area contributed by atoms with Crippen LogP contribution in [0, 0.1) is 5.92 Å². The van der Waals surface area contributed by atoms with Crippen molar-refractivity contribution in [3.8, 4) is 0 Å². The molecule has 0 bridgehead atoms. The van der Waals surface area contributed by atoms with Gasteiger partial charge >= 0.3 is 0 Å². The van der Waals surface area contributed by atoms with Crippen LogP contribution in [0.3, 0.4) is 0 Å². The third-order valence-corrected chi connectivity index (χ3v) is 2.23. The topological polar surface area (TPSA) is 0 Å². The van der Waals surface area contributed by atoms with E-state index in [1.165, 1.54) is 30.8 Å². The van der Waals surface area contributed by atoms with E-state index in [-0.39, 0.29) is 0 Å². The van der Waals surface area contributed by atoms with E-state index in [1.54, 1.807) is 0 Å². The van der Waals surface area contributed by atoms with Crippen molar-refractivity contribution in [2.45, 2.75) is 40.0 Å². The first kappa shape index (κ1) is 10.3. The van der Waals surface area contributed by atoms with Crippen LogP contribution in [0.15, 0.2) is 0 Å². The maximum atomic E-state index is 2.17. The minimum Gasteiger partial charge on any atom is -0.162 e. The Kier molecular flexibility index (Phi) is 7.72. The lowest BCUT2D eigenvalue weighted by Crippen LogP contribution is -1.91. The lowest BCUT2D eigenvalue weighted by atomic mass is 10.3. The van der Waals surface area contributed by atoms with E-state index in [1.807, 2.05) is 0 Å². The van der Waals surface area contributed by atoms with Crippen LogP contribution in [0.5, 0.6) is 0 Å². The fourth-order valence-corrected chi connectivity index (χ4v) is 1.71. The van der Waals surface area contributed by atoms with Crippen molar-refractivity contribution in [1.82, 2.24) is 0 Å². The summed E-state index contributed by atoms with van der Waals surface area (Å²) in [6.07, 6.45) is 4.41. The van der Waals surface area contributed by atoms with Gasteiger partial charge in [0.15, 0.2) is 0 Å². The van der Waals surface area contributed by atoms with Crippen LogP contribution in [0.4, 0.5) is 0 Å². The Bertz CT molecular complexity index is 41.5. The third-order valence-electron chi connectivity index (χ3n) is 1.08. The minimum absolute atomic E-state index is 0.833. The average molecular weight is 160 g/mol. The molecule has 10 heavy (non-hydrogen) atoms. The van der Waals surface area contributed by atoms with Gasteiger partial charge < -0.3 is 0 Å². The summed E-state index contributed by atoms with van der Waals surface area (Å²) in [5.41, 5.74) is 0. The SMILES string of the molecule is C1CCSCC1.CC(C)C. The van der Waals surface area contributed by atoms with Crippen LogP contribution < -0.4 is 0 Å². The maximum absolute atomic E-state index is 2.17. The second-order valence-electron chi connectivity index (χ2n) is 3.41. The van der Waals surface area contributed by atoms with Gasteiger partial charge in [0, 0.05) is 0 Å². The van der Waals surface area contributed by atoms with Gasteiger partial charge in [0.1, 0.15) is 0 Å². The van der Waals surface area contributed by atoms with Gasteiger partial charge in [-0.3, -0.25) is 0 Å². The zero-order valence-corrected chi connectivity index (χ0v) is 8.34. The molecule has 1 aliphatic heterocycles. The Labute approximate surface area is 69.8 Å². The van der Waals surface area contributed by atoms with Crippen LogP contribution in [0.1, 0.15) is 40.0 Å². The zero-order chi connectivity index (χ0) is 7.82. The Morgan fingerprint density at radius 2 is 1.30 bits per heavy atom. The van der Waals surface area contributed by atoms with Crippen LogP contribution in [-0.4, -0.2) is 11.5 Å². The standard InChI is InChI=1S/C5H10S.C4H10/c1-2-4-6-5-3-1;1-4(2)3/h1-5H2;4H,1-3H3. The highest BCUT2D eigenvalue weighted by atomic mass is 32.2. The Hall–Kier alpha value is 0.350. The number of hydrogen-bond acceptors (Lipinski definition) is 1. The van der Waals surface area contributed by atoms with Crippen molar-refractivity contribution >= 4 is 11.8 Å². The molecule has 0 saturated carbocycles. The van der Waals surface area contributed by atoms with Crippen LogP contribution in [0.25, 0.3) is 0 Å². The summed E-state index contributed by atoms with van der Waals surface area (Å²) >= 11 is 2.09. The van der Waals surface area contributed by atoms with E-state index >= 15 is 0 Å². The summed E-state index contributed by atoms with van der Waals surface area (Å²) in [5, 5.41) is 0. The van der Waals surface area contributed by atoms with Crippen molar-refractivity contribution < 1.29 is 0 Å². The van der Waals surface area contributed by atoms with Gasteiger partial charge in [-0.25, -0.2) is 0 Å². The predicted molar refractivity (Wildman–Crippen MR) is 51.7 cm³/mol. The van der Waals surface area contributed by atoms with Gasteiger partial charge in [-0.05, 0) is 30.3 Å². The second-order valence-corrected chi connectivity index (χ2v) is 4.63. The molecule has 0 aromatic carbocycles. The van der Waals surface area contributed by atoms with Crippen LogP contribution in [-0.2, 0) is 0 Å². The summed E-state index contributed by atoms with van der Waals surface area (Å²) in [6, 6.07) is 0. The fraction of sp³-hybridized carbons (Fsp3) is 1.00. The van der Waals surface area contributed by atoms with Gasteiger partial charge in [-0.1, -0.05) is 27.2 Å². The lowest BCUT2D eigenvalue weighted by Gasteiger charge is -2.05. The number of thioether (sulfide) groups is 1. The largest absolute Gasteiger partial charge is 0.162 e. The van der Waals surface area contributed by atoms with Crippen molar-refractivity contribution in [3.63, 3.8) is 0 Å². The summed E-state index contributed by atoms with van der Waals surface area (Å²) in [5.74, 6) is 3.67. The molecule has 0 nitrogen and oxygen atoms in total. The van der Waals surface area contributed by atoms with E-state index in [0.29, 0.717) is 0 Å². The number of hydrogen-bond donors (Lipinski definition) is 0. The molecule has 0 N–H and O–H groups in total. The molecule has 0 unspecified atom stereocenters. The Balaban J connectivity index is 0.000000180. The third kappa shape index (κ3) is 11.2. The molecule has 0 aromatic rings. The summed E-state index contributed by atoms with van der Waals surface area (Å²) < 4.78 is 0. The molecule has 0 amide bonds. The van der Waals surface area contributed by atoms with Crippen molar-refractivity contribution in [3.05, 3.63) is 0 Å². The first-order valence-electron chi connectivity index (χ1n) is 4.31. The molecule has 62 valence electrons. The van der Waals surface area contributed by atoms with Crippen molar-refractivity contribution in [2.24, 2.45) is 5.92 Å². The van der Waals surface area contributed by atoms with Gasteiger partial charge in [-0.2, -0.15) is 11.8 Å². The quantitative estimate of drug-likeness (QED) is 0.522. The van der Waals surface area contributed by atoms with E-state index in [9.17, 15) is 0 Å². The van der Waals surface area contributed by atoms with E-state index in [0.717, 1.165) is 5.92 Å². The van der Waals surface area contributed by atoms with Gasteiger partial charge in [0.25, 0.3) is 0 Å². The minimum atomic E-state index is 0.833. The molecular weight excluding hydrogens is 140 g/mol. The Morgan fingerprint density at radius 3 is 1.40 bits per heavy atom. The average Bonchev–Trinajstić information content (AvgIpc) is 1.90. The highest BCUT2D eigenvalue weighted by Crippen LogP contribution is 2.14. The summed E-state index contributed by atoms with van der Waals surface area (Å²) in [7, 11) is 0. The van der Waals surface area contributed by atoms with Gasteiger partial charge in [0.05, 0.1) is 0 Å². The molecular formula is C9H20S. The van der Waals surface area contributed by atoms with E-state index in [2.05, 4.69) is 32.5 Å².